The monoisotopic (exact) mass is 1110 g/mol. The fraction of sp³-hybridized carbons (Fsp3) is 0. The van der Waals surface area contributed by atoms with Gasteiger partial charge in [0.1, 0.15) is 0 Å². The van der Waals surface area contributed by atoms with E-state index in [9.17, 15) is 0 Å². The summed E-state index contributed by atoms with van der Waals surface area (Å²) in [5.74, 6) is 0. The molecule has 0 amide bonds. The van der Waals surface area contributed by atoms with E-state index in [0.29, 0.717) is 0 Å². The van der Waals surface area contributed by atoms with Gasteiger partial charge in [0.25, 0.3) is 0 Å². The fourth-order valence-corrected chi connectivity index (χ4v) is 13.9. The van der Waals surface area contributed by atoms with Crippen LogP contribution in [0.15, 0.2) is 304 Å². The molecule has 4 heterocycles. The number of fused-ring (bicyclic) bond motifs is 2. The summed E-state index contributed by atoms with van der Waals surface area (Å²) in [5, 5.41) is 18.6. The Balaban J connectivity index is 0.623. The summed E-state index contributed by atoms with van der Waals surface area (Å²) < 4.78 is 0. The van der Waals surface area contributed by atoms with Crippen LogP contribution in [-0.4, -0.2) is 19.9 Å². The number of para-hydroxylation sites is 1. The van der Waals surface area contributed by atoms with Gasteiger partial charge in [0.15, 0.2) is 0 Å². The molecule has 0 radical (unpaired) electrons. The summed E-state index contributed by atoms with van der Waals surface area (Å²) in [6.07, 6.45) is 7.82. The first-order chi connectivity index (χ1) is 43.6. The average molecular weight is 1120 g/mol. The molecule has 18 aromatic rings. The Labute approximate surface area is 507 Å². The smallest absolute Gasteiger partial charge is 0.0708 e. The highest BCUT2D eigenvalue weighted by molar-refractivity contribution is 6.29. The van der Waals surface area contributed by atoms with Gasteiger partial charge in [-0.15, -0.1) is 0 Å². The fourth-order valence-electron chi connectivity index (χ4n) is 13.9. The largest absolute Gasteiger partial charge is 0.256 e. The quantitative estimate of drug-likeness (QED) is 0.135. The standard InChI is InChI=1S/C84H50N4/c1-2-12-78-65(7-1)44-67(49-87-78)51-14-16-52(17-15-51)73-46-74(70-38-33-60-9-5-8-59-32-37-69(73)83(70)81(59)60)54-20-26-57(27-21-54)79-41-36-66(48-86-79)63-30-31-64-45-80(88-50-68(64)43-63)58-28-22-55(23-29-58)76-47-75(53-18-24-56(25-19-53)77-13-3-4-42-85-77)71-39-34-61-10-6-11-62-35-40-72(76)84(71)82(61)62/h1-50H. The van der Waals surface area contributed by atoms with E-state index in [1.54, 1.807) is 0 Å². The lowest BCUT2D eigenvalue weighted by Gasteiger charge is -2.18. The molecule has 4 heteroatoms. The first-order valence-electron chi connectivity index (χ1n) is 30.0. The van der Waals surface area contributed by atoms with Gasteiger partial charge in [0.2, 0.25) is 0 Å². The van der Waals surface area contributed by atoms with Crippen LogP contribution in [0.5, 0.6) is 0 Å². The van der Waals surface area contributed by atoms with Gasteiger partial charge in [-0.2, -0.15) is 0 Å². The molecule has 0 atom stereocenters. The molecule has 4 nitrogen and oxygen atoms in total. The van der Waals surface area contributed by atoms with Crippen molar-refractivity contribution in [2.75, 3.05) is 0 Å². The van der Waals surface area contributed by atoms with Crippen LogP contribution in [0.3, 0.4) is 0 Å². The second-order valence-electron chi connectivity index (χ2n) is 23.3. The molecule has 4 aromatic heterocycles. The Bertz CT molecular complexity index is 5710. The second kappa shape index (κ2) is 20.0. The minimum absolute atomic E-state index is 0.928. The number of pyridine rings is 4. The summed E-state index contributed by atoms with van der Waals surface area (Å²) in [7, 11) is 0. The van der Waals surface area contributed by atoms with E-state index in [1.165, 1.54) is 104 Å². The molecule has 0 aliphatic rings. The summed E-state index contributed by atoms with van der Waals surface area (Å²) >= 11 is 0. The van der Waals surface area contributed by atoms with Crippen LogP contribution in [0.4, 0.5) is 0 Å². The van der Waals surface area contributed by atoms with Crippen molar-refractivity contribution in [1.82, 2.24) is 19.9 Å². The molecule has 0 fully saturated rings. The third-order valence-corrected chi connectivity index (χ3v) is 18.4. The van der Waals surface area contributed by atoms with Crippen molar-refractivity contribution in [2.45, 2.75) is 0 Å². The minimum atomic E-state index is 0.928. The summed E-state index contributed by atoms with van der Waals surface area (Å²) in [6, 6.07) is 102. The highest BCUT2D eigenvalue weighted by atomic mass is 14.7. The maximum absolute atomic E-state index is 5.04. The first kappa shape index (κ1) is 49.7. The van der Waals surface area contributed by atoms with E-state index in [-0.39, 0.29) is 0 Å². The molecule has 0 aliphatic carbocycles. The Kier molecular flexibility index (Phi) is 11.3. The average Bonchev–Trinajstić information content (AvgIpc) is 0.884. The second-order valence-corrected chi connectivity index (χ2v) is 23.3. The van der Waals surface area contributed by atoms with Crippen molar-refractivity contribution in [2.24, 2.45) is 0 Å². The van der Waals surface area contributed by atoms with E-state index in [4.69, 9.17) is 15.0 Å². The zero-order chi connectivity index (χ0) is 57.8. The topological polar surface area (TPSA) is 51.6 Å². The van der Waals surface area contributed by atoms with Crippen LogP contribution in [0.1, 0.15) is 0 Å². The van der Waals surface area contributed by atoms with E-state index >= 15 is 0 Å². The maximum atomic E-state index is 5.04. The van der Waals surface area contributed by atoms with Gasteiger partial charge >= 0.3 is 0 Å². The maximum Gasteiger partial charge on any atom is 0.0708 e. The van der Waals surface area contributed by atoms with Crippen molar-refractivity contribution >= 4 is 86.3 Å². The van der Waals surface area contributed by atoms with Crippen LogP contribution in [-0.2, 0) is 0 Å². The molecule has 0 bridgehead atoms. The van der Waals surface area contributed by atoms with Gasteiger partial charge in [-0.3, -0.25) is 19.9 Å². The molecule has 0 saturated carbocycles. The van der Waals surface area contributed by atoms with Gasteiger partial charge < -0.3 is 0 Å². The van der Waals surface area contributed by atoms with Crippen molar-refractivity contribution in [3.63, 3.8) is 0 Å². The van der Waals surface area contributed by atoms with Gasteiger partial charge in [0, 0.05) is 63.4 Å². The van der Waals surface area contributed by atoms with Gasteiger partial charge in [-0.1, -0.05) is 224 Å². The third kappa shape index (κ3) is 8.22. The van der Waals surface area contributed by atoms with Crippen LogP contribution < -0.4 is 0 Å². The number of rotatable bonds is 9. The van der Waals surface area contributed by atoms with E-state index < -0.39 is 0 Å². The van der Waals surface area contributed by atoms with Crippen molar-refractivity contribution in [3.8, 4) is 101 Å². The predicted octanol–water partition coefficient (Wildman–Crippen LogP) is 22.4. The molecule has 14 aromatic carbocycles. The van der Waals surface area contributed by atoms with E-state index in [0.717, 1.165) is 83.3 Å². The van der Waals surface area contributed by atoms with Gasteiger partial charge in [-0.05, 0) is 180 Å². The molecule has 0 N–H and O–H groups in total. The van der Waals surface area contributed by atoms with E-state index in [1.807, 2.05) is 43.0 Å². The molecule has 0 aliphatic heterocycles. The van der Waals surface area contributed by atoms with Crippen molar-refractivity contribution < 1.29 is 0 Å². The predicted molar refractivity (Wildman–Crippen MR) is 369 cm³/mol. The number of hydrogen-bond donors (Lipinski definition) is 0. The van der Waals surface area contributed by atoms with Crippen LogP contribution in [0.2, 0.25) is 0 Å². The van der Waals surface area contributed by atoms with Crippen LogP contribution >= 0.6 is 0 Å². The van der Waals surface area contributed by atoms with Crippen LogP contribution in [0.25, 0.3) is 187 Å². The zero-order valence-electron chi connectivity index (χ0n) is 47.7. The highest BCUT2D eigenvalue weighted by Gasteiger charge is 2.20. The lowest BCUT2D eigenvalue weighted by atomic mass is 9.85. The van der Waals surface area contributed by atoms with Crippen molar-refractivity contribution in [3.05, 3.63) is 304 Å². The molecular formula is C84H50N4. The molecule has 0 unspecified atom stereocenters. The lowest BCUT2D eigenvalue weighted by Crippen LogP contribution is -1.92. The molecule has 88 heavy (non-hydrogen) atoms. The number of nitrogens with zero attached hydrogens (tertiary/aromatic N) is 4. The Morgan fingerprint density at radius 1 is 0.182 bits per heavy atom. The summed E-state index contributed by atoms with van der Waals surface area (Å²) in [4.78, 5) is 19.4. The van der Waals surface area contributed by atoms with Crippen LogP contribution in [0, 0.1) is 0 Å². The number of aromatic nitrogens is 4. The number of hydrogen-bond acceptors (Lipinski definition) is 4. The Morgan fingerprint density at radius 2 is 0.591 bits per heavy atom. The minimum Gasteiger partial charge on any atom is -0.256 e. The Morgan fingerprint density at radius 3 is 1.10 bits per heavy atom. The molecule has 0 spiro atoms. The summed E-state index contributed by atoms with van der Waals surface area (Å²) in [5.41, 5.74) is 21.0. The van der Waals surface area contributed by atoms with Crippen molar-refractivity contribution in [1.29, 1.82) is 0 Å². The van der Waals surface area contributed by atoms with Gasteiger partial charge in [-0.25, -0.2) is 0 Å². The highest BCUT2D eigenvalue weighted by Crippen LogP contribution is 2.47. The first-order valence-corrected chi connectivity index (χ1v) is 30.0. The SMILES string of the molecule is c1ccc(-c2ccc(-c3cc(-c4ccc(-c5cc6ccc(-c7ccc(-c8ccc(-c9cc(-c%10ccc(-c%11cnc%12ccccc%12c%11)cc%10)c%10ccc%11cccc%12ccc9c%10c%11%12)cc8)nc7)cc6cn5)cc4)c4ccc5cccc6ccc3c4c65)cc2)nc1. The summed E-state index contributed by atoms with van der Waals surface area (Å²) in [6.45, 7) is 0. The molecule has 406 valence electrons. The third-order valence-electron chi connectivity index (χ3n) is 18.4. The van der Waals surface area contributed by atoms with E-state index in [2.05, 4.69) is 266 Å². The zero-order valence-corrected chi connectivity index (χ0v) is 47.7. The molecule has 18 rings (SSSR count). The normalized spacial score (nSPS) is 11.9. The Hall–Kier alpha value is -11.7. The molecule has 0 saturated heterocycles. The lowest BCUT2D eigenvalue weighted by molar-refractivity contribution is 1.32. The van der Waals surface area contributed by atoms with Gasteiger partial charge in [0.05, 0.1) is 22.6 Å². The molecular weight excluding hydrogens is 1060 g/mol. The number of benzene rings is 14.